The van der Waals surface area contributed by atoms with Crippen molar-refractivity contribution < 1.29 is 4.79 Å². The Morgan fingerprint density at radius 3 is 2.80 bits per heavy atom. The first-order valence-corrected chi connectivity index (χ1v) is 4.87. The molecule has 5 nitrogen and oxygen atoms in total. The Kier molecular flexibility index (Phi) is 2.32. The molecule has 0 spiro atoms. The number of nitrogen functional groups attached to an aromatic ring is 1. The highest BCUT2D eigenvalue weighted by Crippen LogP contribution is 2.25. The molecule has 0 aliphatic carbocycles. The monoisotopic (exact) mass is 206 g/mol. The summed E-state index contributed by atoms with van der Waals surface area (Å²) in [5, 5.41) is 0. The van der Waals surface area contributed by atoms with E-state index in [0.717, 1.165) is 5.69 Å². The second kappa shape index (κ2) is 3.51. The number of nitrogens with two attached hydrogens (primary N) is 2. The van der Waals surface area contributed by atoms with Crippen LogP contribution < -0.4 is 16.4 Å². The van der Waals surface area contributed by atoms with E-state index in [1.165, 1.54) is 0 Å². The molecule has 0 saturated carbocycles. The second-order valence-electron chi connectivity index (χ2n) is 3.83. The first-order valence-electron chi connectivity index (χ1n) is 4.87. The molecule has 1 amide bonds. The lowest BCUT2D eigenvalue weighted by Crippen LogP contribution is -2.28. The number of hydrogen-bond donors (Lipinski definition) is 2. The number of hydrogen-bond acceptors (Lipinski definition) is 4. The third-order valence-electron chi connectivity index (χ3n) is 2.49. The lowest BCUT2D eigenvalue weighted by Gasteiger charge is -2.17. The zero-order valence-electron chi connectivity index (χ0n) is 8.60. The van der Waals surface area contributed by atoms with Crippen molar-refractivity contribution in [3.05, 3.63) is 17.8 Å². The fourth-order valence-corrected chi connectivity index (χ4v) is 1.77. The molecule has 0 aromatic carbocycles. The molecule has 1 aliphatic heterocycles. The molecule has 2 rings (SSSR count). The molecule has 1 aromatic rings. The van der Waals surface area contributed by atoms with Gasteiger partial charge in [0.25, 0.3) is 0 Å². The molecule has 1 atom stereocenters. The lowest BCUT2D eigenvalue weighted by molar-refractivity contribution is -0.117. The summed E-state index contributed by atoms with van der Waals surface area (Å²) in [5.41, 5.74) is 13.0. The van der Waals surface area contributed by atoms with Crippen molar-refractivity contribution >= 4 is 17.4 Å². The molecule has 5 heteroatoms. The largest absolute Gasteiger partial charge is 0.382 e. The van der Waals surface area contributed by atoms with E-state index < -0.39 is 0 Å². The summed E-state index contributed by atoms with van der Waals surface area (Å²) in [5.74, 6) is 0.400. The Bertz CT molecular complexity index is 404. The van der Waals surface area contributed by atoms with Crippen molar-refractivity contribution in [3.8, 4) is 0 Å². The molecule has 1 aliphatic rings. The molecule has 15 heavy (non-hydrogen) atoms. The zero-order chi connectivity index (χ0) is 11.0. The van der Waals surface area contributed by atoms with E-state index in [0.29, 0.717) is 24.5 Å². The van der Waals surface area contributed by atoms with Gasteiger partial charge in [-0.3, -0.25) is 4.79 Å². The maximum Gasteiger partial charge on any atom is 0.228 e. The summed E-state index contributed by atoms with van der Waals surface area (Å²) in [4.78, 5) is 17.3. The molecule has 1 unspecified atom stereocenters. The van der Waals surface area contributed by atoms with Crippen LogP contribution in [0, 0.1) is 6.92 Å². The summed E-state index contributed by atoms with van der Waals surface area (Å²) in [6.45, 7) is 2.38. The van der Waals surface area contributed by atoms with Crippen LogP contribution in [0.1, 0.15) is 12.1 Å². The first-order chi connectivity index (χ1) is 7.08. The Labute approximate surface area is 88.1 Å². The minimum absolute atomic E-state index is 0.0138. The van der Waals surface area contributed by atoms with Gasteiger partial charge in [-0.15, -0.1) is 0 Å². The molecule has 1 saturated heterocycles. The van der Waals surface area contributed by atoms with Gasteiger partial charge in [-0.25, -0.2) is 4.98 Å². The highest BCUT2D eigenvalue weighted by molar-refractivity contribution is 5.98. The molecule has 0 radical (unpaired) electrons. The number of rotatable bonds is 1. The molecular formula is C10H14N4O. The van der Waals surface area contributed by atoms with Crippen molar-refractivity contribution in [2.75, 3.05) is 17.2 Å². The number of pyridine rings is 1. The minimum atomic E-state index is -0.0989. The summed E-state index contributed by atoms with van der Waals surface area (Å²) < 4.78 is 0. The van der Waals surface area contributed by atoms with E-state index in [1.807, 2.05) is 19.1 Å². The Morgan fingerprint density at radius 1 is 1.53 bits per heavy atom. The fourth-order valence-electron chi connectivity index (χ4n) is 1.77. The van der Waals surface area contributed by atoms with Crippen molar-refractivity contribution in [2.45, 2.75) is 19.4 Å². The van der Waals surface area contributed by atoms with Gasteiger partial charge in [0.1, 0.15) is 5.82 Å². The van der Waals surface area contributed by atoms with Crippen LogP contribution in [0.2, 0.25) is 0 Å². The molecule has 4 N–H and O–H groups in total. The van der Waals surface area contributed by atoms with Gasteiger partial charge in [-0.2, -0.15) is 0 Å². The summed E-state index contributed by atoms with van der Waals surface area (Å²) in [7, 11) is 0. The van der Waals surface area contributed by atoms with Crippen LogP contribution in [-0.2, 0) is 4.79 Å². The smallest absolute Gasteiger partial charge is 0.228 e. The molecule has 2 heterocycles. The van der Waals surface area contributed by atoms with Gasteiger partial charge < -0.3 is 16.4 Å². The summed E-state index contributed by atoms with van der Waals surface area (Å²) in [6.07, 6.45) is 0.382. The zero-order valence-corrected chi connectivity index (χ0v) is 8.60. The predicted molar refractivity (Wildman–Crippen MR) is 58.3 cm³/mol. The number of anilines is 2. The van der Waals surface area contributed by atoms with Gasteiger partial charge in [0.2, 0.25) is 5.91 Å². The van der Waals surface area contributed by atoms with E-state index in [4.69, 9.17) is 11.5 Å². The summed E-state index contributed by atoms with van der Waals surface area (Å²) in [6, 6.07) is 3.55. The number of carbonyl (C=O) groups excluding carboxylic acids is 1. The number of aromatic nitrogens is 1. The van der Waals surface area contributed by atoms with Gasteiger partial charge in [0.05, 0.1) is 5.69 Å². The topological polar surface area (TPSA) is 85.2 Å². The minimum Gasteiger partial charge on any atom is -0.382 e. The van der Waals surface area contributed by atoms with Crippen molar-refractivity contribution in [2.24, 2.45) is 5.73 Å². The van der Waals surface area contributed by atoms with Crippen LogP contribution in [0.15, 0.2) is 12.1 Å². The highest BCUT2D eigenvalue weighted by Gasteiger charge is 2.29. The van der Waals surface area contributed by atoms with Crippen LogP contribution >= 0.6 is 0 Å². The van der Waals surface area contributed by atoms with Gasteiger partial charge in [-0.1, -0.05) is 0 Å². The Balaban J connectivity index is 2.34. The third kappa shape index (κ3) is 1.78. The maximum absolute atomic E-state index is 11.6. The van der Waals surface area contributed by atoms with Gasteiger partial charge >= 0.3 is 0 Å². The van der Waals surface area contributed by atoms with Gasteiger partial charge in [0, 0.05) is 24.7 Å². The van der Waals surface area contributed by atoms with Crippen LogP contribution in [-0.4, -0.2) is 23.5 Å². The van der Waals surface area contributed by atoms with Crippen LogP contribution in [0.25, 0.3) is 0 Å². The first kappa shape index (κ1) is 9.92. The summed E-state index contributed by atoms with van der Waals surface area (Å²) >= 11 is 0. The maximum atomic E-state index is 11.6. The normalized spacial score (nSPS) is 21.1. The van der Waals surface area contributed by atoms with Crippen LogP contribution in [0.3, 0.4) is 0 Å². The SMILES string of the molecule is Cc1ccc(N2CC(N)CC2=O)c(N)n1. The average Bonchev–Trinajstić information content (AvgIpc) is 2.45. The molecule has 1 aromatic heterocycles. The number of amides is 1. The third-order valence-corrected chi connectivity index (χ3v) is 2.49. The second-order valence-corrected chi connectivity index (χ2v) is 3.83. The van der Waals surface area contributed by atoms with E-state index in [9.17, 15) is 4.79 Å². The molecular weight excluding hydrogens is 192 g/mol. The molecule has 0 bridgehead atoms. The Hall–Kier alpha value is -1.62. The molecule has 80 valence electrons. The average molecular weight is 206 g/mol. The standard InChI is InChI=1S/C10H14N4O/c1-6-2-3-8(10(12)13-6)14-5-7(11)4-9(14)15/h2-3,7H,4-5,11H2,1H3,(H2,12,13). The van der Waals surface area contributed by atoms with Crippen LogP contribution in [0.5, 0.6) is 0 Å². The van der Waals surface area contributed by atoms with E-state index in [1.54, 1.807) is 4.90 Å². The molecule has 1 fully saturated rings. The van der Waals surface area contributed by atoms with E-state index in [2.05, 4.69) is 4.98 Å². The van der Waals surface area contributed by atoms with E-state index >= 15 is 0 Å². The Morgan fingerprint density at radius 2 is 2.27 bits per heavy atom. The van der Waals surface area contributed by atoms with Crippen molar-refractivity contribution in [1.29, 1.82) is 0 Å². The lowest BCUT2D eigenvalue weighted by atomic mass is 10.3. The quantitative estimate of drug-likeness (QED) is 0.679. The number of carbonyl (C=O) groups is 1. The van der Waals surface area contributed by atoms with E-state index in [-0.39, 0.29) is 11.9 Å². The van der Waals surface area contributed by atoms with Crippen molar-refractivity contribution in [3.63, 3.8) is 0 Å². The van der Waals surface area contributed by atoms with Gasteiger partial charge in [-0.05, 0) is 19.1 Å². The van der Waals surface area contributed by atoms with Gasteiger partial charge in [0.15, 0.2) is 0 Å². The number of aryl methyl sites for hydroxylation is 1. The predicted octanol–water partition coefficient (Wildman–Crippen LogP) is 0.0362. The van der Waals surface area contributed by atoms with Crippen molar-refractivity contribution in [1.82, 2.24) is 4.98 Å². The highest BCUT2D eigenvalue weighted by atomic mass is 16.2. The fraction of sp³-hybridized carbons (Fsp3) is 0.400. The van der Waals surface area contributed by atoms with Crippen LogP contribution in [0.4, 0.5) is 11.5 Å². The number of nitrogens with zero attached hydrogens (tertiary/aromatic N) is 2.